The molecular weight excluding hydrogens is 344 g/mol. The second-order valence-corrected chi connectivity index (χ2v) is 8.66. The normalized spacial score (nSPS) is 32.0. The van der Waals surface area contributed by atoms with E-state index in [-0.39, 0.29) is 17.8 Å². The Morgan fingerprint density at radius 1 is 1.00 bits per heavy atom. The maximum absolute atomic E-state index is 13.1. The fourth-order valence-electron chi connectivity index (χ4n) is 5.94. The van der Waals surface area contributed by atoms with Crippen molar-refractivity contribution in [1.82, 2.24) is 0 Å². The lowest BCUT2D eigenvalue weighted by Gasteiger charge is -2.56. The zero-order valence-corrected chi connectivity index (χ0v) is 16.1. The van der Waals surface area contributed by atoms with Gasteiger partial charge in [0.15, 0.2) is 18.5 Å². The van der Waals surface area contributed by atoms with Crippen LogP contribution >= 0.6 is 0 Å². The standard InChI is InChI=1S/C22H28O5/c1-14(27-20(23)13-26-19-5-3-18(25-2)4-6-19)21(24)22-10-15-7-16(11-22)9-17(8-15)12-22/h3-6,14-17H,7-13H2,1-2H3/t14-,15?,16?,17?,22?/m0/s1. The van der Waals surface area contributed by atoms with Crippen molar-refractivity contribution in [3.63, 3.8) is 0 Å². The molecular formula is C22H28O5. The Labute approximate surface area is 160 Å². The Kier molecular flexibility index (Phi) is 4.87. The summed E-state index contributed by atoms with van der Waals surface area (Å²) in [5.41, 5.74) is -0.245. The lowest BCUT2D eigenvalue weighted by Crippen LogP contribution is -2.52. The molecule has 0 unspecified atom stereocenters. The smallest absolute Gasteiger partial charge is 0.344 e. The summed E-state index contributed by atoms with van der Waals surface area (Å²) in [6.45, 7) is 1.51. The van der Waals surface area contributed by atoms with Gasteiger partial charge in [-0.3, -0.25) is 4.79 Å². The number of carbonyl (C=O) groups is 2. The number of benzene rings is 1. The van der Waals surface area contributed by atoms with Crippen molar-refractivity contribution in [2.75, 3.05) is 13.7 Å². The minimum atomic E-state index is -0.701. The highest BCUT2D eigenvalue weighted by Crippen LogP contribution is 2.60. The van der Waals surface area contributed by atoms with Gasteiger partial charge in [0.1, 0.15) is 11.5 Å². The monoisotopic (exact) mass is 372 g/mol. The first-order valence-corrected chi connectivity index (χ1v) is 9.98. The maximum Gasteiger partial charge on any atom is 0.344 e. The summed E-state index contributed by atoms with van der Waals surface area (Å²) in [4.78, 5) is 25.3. The van der Waals surface area contributed by atoms with Gasteiger partial charge in [-0.25, -0.2) is 4.79 Å². The predicted octanol–water partition coefficient (Wildman–Crippen LogP) is 3.79. The molecule has 4 saturated carbocycles. The van der Waals surface area contributed by atoms with Crippen LogP contribution in [-0.4, -0.2) is 31.6 Å². The van der Waals surface area contributed by atoms with Crippen molar-refractivity contribution in [3.8, 4) is 11.5 Å². The van der Waals surface area contributed by atoms with Crippen LogP contribution in [-0.2, 0) is 14.3 Å². The summed E-state index contributed by atoms with van der Waals surface area (Å²) in [6.07, 6.45) is 6.13. The minimum absolute atomic E-state index is 0.124. The van der Waals surface area contributed by atoms with Crippen molar-refractivity contribution in [3.05, 3.63) is 24.3 Å². The van der Waals surface area contributed by atoms with E-state index in [2.05, 4.69) is 0 Å². The quantitative estimate of drug-likeness (QED) is 0.682. The summed E-state index contributed by atoms with van der Waals surface area (Å²) >= 11 is 0. The van der Waals surface area contributed by atoms with E-state index in [1.807, 2.05) is 0 Å². The van der Waals surface area contributed by atoms with E-state index in [4.69, 9.17) is 14.2 Å². The van der Waals surface area contributed by atoms with Gasteiger partial charge < -0.3 is 14.2 Å². The molecule has 0 aliphatic heterocycles. The molecule has 1 aromatic rings. The molecule has 5 nitrogen and oxygen atoms in total. The molecule has 1 atom stereocenters. The summed E-state index contributed by atoms with van der Waals surface area (Å²) in [7, 11) is 1.59. The minimum Gasteiger partial charge on any atom is -0.497 e. The molecule has 0 aromatic heterocycles. The summed E-state index contributed by atoms with van der Waals surface area (Å²) < 4.78 is 16.0. The van der Waals surface area contributed by atoms with E-state index in [0.29, 0.717) is 23.5 Å². The van der Waals surface area contributed by atoms with Gasteiger partial charge in [-0.05, 0) is 87.5 Å². The van der Waals surface area contributed by atoms with E-state index in [0.717, 1.165) is 25.0 Å². The fourth-order valence-corrected chi connectivity index (χ4v) is 5.94. The molecule has 146 valence electrons. The summed E-state index contributed by atoms with van der Waals surface area (Å²) in [5.74, 6) is 2.99. The van der Waals surface area contributed by atoms with Gasteiger partial charge in [-0.1, -0.05) is 0 Å². The molecule has 4 aliphatic rings. The molecule has 0 heterocycles. The average molecular weight is 372 g/mol. The third kappa shape index (κ3) is 3.69. The second-order valence-electron chi connectivity index (χ2n) is 8.66. The Morgan fingerprint density at radius 3 is 2.04 bits per heavy atom. The number of esters is 1. The molecule has 5 rings (SSSR count). The van der Waals surface area contributed by atoms with E-state index in [1.54, 1.807) is 38.3 Å². The molecule has 0 N–H and O–H groups in total. The summed E-state index contributed by atoms with van der Waals surface area (Å²) in [6, 6.07) is 6.99. The molecule has 27 heavy (non-hydrogen) atoms. The Balaban J connectivity index is 1.31. The van der Waals surface area contributed by atoms with Gasteiger partial charge in [0.2, 0.25) is 0 Å². The number of hydrogen-bond acceptors (Lipinski definition) is 5. The van der Waals surface area contributed by atoms with Crippen LogP contribution in [0.15, 0.2) is 24.3 Å². The third-order valence-corrected chi connectivity index (χ3v) is 6.65. The first kappa shape index (κ1) is 18.3. The van der Waals surface area contributed by atoms with Gasteiger partial charge in [0.25, 0.3) is 0 Å². The maximum atomic E-state index is 13.1. The number of hydrogen-bond donors (Lipinski definition) is 0. The molecule has 0 radical (unpaired) electrons. The second kappa shape index (κ2) is 7.17. The van der Waals surface area contributed by atoms with Crippen LogP contribution in [0.4, 0.5) is 0 Å². The number of ketones is 1. The Hall–Kier alpha value is -2.04. The number of methoxy groups -OCH3 is 1. The van der Waals surface area contributed by atoms with Crippen molar-refractivity contribution in [1.29, 1.82) is 0 Å². The molecule has 0 spiro atoms. The van der Waals surface area contributed by atoms with Gasteiger partial charge in [-0.15, -0.1) is 0 Å². The van der Waals surface area contributed by atoms with Crippen molar-refractivity contribution in [2.24, 2.45) is 23.2 Å². The molecule has 1 aromatic carbocycles. The third-order valence-electron chi connectivity index (χ3n) is 6.65. The number of ether oxygens (including phenoxy) is 3. The van der Waals surface area contributed by atoms with Crippen LogP contribution in [0.2, 0.25) is 0 Å². The zero-order valence-electron chi connectivity index (χ0n) is 16.1. The lowest BCUT2D eigenvalue weighted by atomic mass is 9.48. The largest absolute Gasteiger partial charge is 0.497 e. The molecule has 4 fully saturated rings. The molecule has 4 aliphatic carbocycles. The molecule has 4 bridgehead atoms. The number of rotatable bonds is 7. The van der Waals surface area contributed by atoms with E-state index < -0.39 is 12.1 Å². The summed E-state index contributed by atoms with van der Waals surface area (Å²) in [5, 5.41) is 0. The topological polar surface area (TPSA) is 61.8 Å². The molecule has 5 heteroatoms. The van der Waals surface area contributed by atoms with Crippen LogP contribution in [0.5, 0.6) is 11.5 Å². The SMILES string of the molecule is COc1ccc(OCC(=O)O[C@@H](C)C(=O)C23CC4CC(CC(C4)C2)C3)cc1. The van der Waals surface area contributed by atoms with Crippen molar-refractivity contribution in [2.45, 2.75) is 51.6 Å². The average Bonchev–Trinajstić information content (AvgIpc) is 2.65. The zero-order chi connectivity index (χ0) is 19.0. The number of carbonyl (C=O) groups excluding carboxylic acids is 2. The molecule has 0 saturated heterocycles. The fraction of sp³-hybridized carbons (Fsp3) is 0.636. The van der Waals surface area contributed by atoms with Gasteiger partial charge in [0.05, 0.1) is 7.11 Å². The first-order valence-electron chi connectivity index (χ1n) is 9.98. The van der Waals surface area contributed by atoms with Gasteiger partial charge in [-0.2, -0.15) is 0 Å². The Morgan fingerprint density at radius 2 is 1.52 bits per heavy atom. The highest BCUT2D eigenvalue weighted by atomic mass is 16.6. The highest BCUT2D eigenvalue weighted by Gasteiger charge is 2.55. The van der Waals surface area contributed by atoms with E-state index in [9.17, 15) is 9.59 Å². The lowest BCUT2D eigenvalue weighted by molar-refractivity contribution is -0.166. The van der Waals surface area contributed by atoms with Crippen LogP contribution in [0.3, 0.4) is 0 Å². The van der Waals surface area contributed by atoms with Gasteiger partial charge in [0, 0.05) is 5.41 Å². The van der Waals surface area contributed by atoms with Crippen LogP contribution in [0, 0.1) is 23.2 Å². The van der Waals surface area contributed by atoms with Crippen LogP contribution in [0.25, 0.3) is 0 Å². The van der Waals surface area contributed by atoms with E-state index >= 15 is 0 Å². The van der Waals surface area contributed by atoms with Crippen molar-refractivity contribution >= 4 is 11.8 Å². The van der Waals surface area contributed by atoms with Crippen LogP contribution < -0.4 is 9.47 Å². The van der Waals surface area contributed by atoms with E-state index in [1.165, 1.54) is 19.3 Å². The Bertz CT molecular complexity index is 673. The highest BCUT2D eigenvalue weighted by molar-refractivity contribution is 5.90. The van der Waals surface area contributed by atoms with Gasteiger partial charge >= 0.3 is 5.97 Å². The molecule has 0 amide bonds. The first-order chi connectivity index (χ1) is 13.0. The van der Waals surface area contributed by atoms with Crippen molar-refractivity contribution < 1.29 is 23.8 Å². The predicted molar refractivity (Wildman–Crippen MR) is 99.7 cm³/mol. The number of Topliss-reactive ketones (excluding diaryl/α,β-unsaturated/α-hetero) is 1. The van der Waals surface area contributed by atoms with Crippen LogP contribution in [0.1, 0.15) is 45.4 Å².